The largest absolute Gasteiger partial charge is 0.352 e. The highest BCUT2D eigenvalue weighted by Gasteiger charge is 2.12. The molecule has 0 aromatic heterocycles. The molecule has 4 heteroatoms. The van der Waals surface area contributed by atoms with Gasteiger partial charge in [-0.25, -0.2) is 0 Å². The van der Waals surface area contributed by atoms with Gasteiger partial charge in [0.2, 0.25) is 5.91 Å². The highest BCUT2D eigenvalue weighted by Crippen LogP contribution is 2.14. The number of carbonyl (C=O) groups excluding carboxylic acids is 1. The molecule has 0 fully saturated rings. The van der Waals surface area contributed by atoms with E-state index in [9.17, 15) is 4.79 Å². The summed E-state index contributed by atoms with van der Waals surface area (Å²) in [4.78, 5) is 12.8. The summed E-state index contributed by atoms with van der Waals surface area (Å²) in [6, 6.07) is 8.21. The summed E-state index contributed by atoms with van der Waals surface area (Å²) < 4.78 is 0. The molecule has 0 bridgehead atoms. The fraction of sp³-hybridized carbons (Fsp3) is 0.500. The third-order valence-corrected chi connectivity index (χ3v) is 3.39. The number of hydrogen-bond donors (Lipinski definition) is 2. The molecule has 0 spiro atoms. The third-order valence-electron chi connectivity index (χ3n) is 2.65. The van der Waals surface area contributed by atoms with Crippen molar-refractivity contribution in [3.8, 4) is 0 Å². The highest BCUT2D eigenvalue weighted by molar-refractivity contribution is 7.98. The van der Waals surface area contributed by atoms with Crippen molar-refractivity contribution in [2.45, 2.75) is 43.7 Å². The lowest BCUT2D eigenvalue weighted by atomic mass is 10.00. The van der Waals surface area contributed by atoms with E-state index in [1.54, 1.807) is 11.8 Å². The normalized spacial score (nSPS) is 11.3. The Balaban J connectivity index is 2.33. The van der Waals surface area contributed by atoms with Crippen LogP contribution in [0.4, 0.5) is 0 Å². The van der Waals surface area contributed by atoms with Crippen LogP contribution >= 0.6 is 11.8 Å². The first-order valence-corrected chi connectivity index (χ1v) is 7.32. The molecule has 0 aliphatic heterocycles. The molecule has 0 heterocycles. The van der Waals surface area contributed by atoms with Crippen LogP contribution in [0, 0.1) is 0 Å². The number of carbonyl (C=O) groups is 1. The standard InChI is InChI=1S/C14H22N2OS/c1-14(2,15)9-8-13(17)16-10-11-4-6-12(18-3)7-5-11/h4-7H,8-10,15H2,1-3H3,(H,16,17). The van der Waals surface area contributed by atoms with E-state index in [1.165, 1.54) is 4.90 Å². The number of nitrogens with one attached hydrogen (secondary N) is 1. The van der Waals surface area contributed by atoms with E-state index in [4.69, 9.17) is 5.73 Å². The summed E-state index contributed by atoms with van der Waals surface area (Å²) in [5.41, 5.74) is 6.68. The third kappa shape index (κ3) is 6.07. The predicted molar refractivity (Wildman–Crippen MR) is 77.6 cm³/mol. The van der Waals surface area contributed by atoms with Gasteiger partial charge in [-0.2, -0.15) is 0 Å². The van der Waals surface area contributed by atoms with Gasteiger partial charge in [-0.15, -0.1) is 11.8 Å². The fourth-order valence-electron chi connectivity index (χ4n) is 1.47. The van der Waals surface area contributed by atoms with Gasteiger partial charge in [-0.05, 0) is 44.2 Å². The summed E-state index contributed by atoms with van der Waals surface area (Å²) in [7, 11) is 0. The number of benzene rings is 1. The number of amides is 1. The van der Waals surface area contributed by atoms with Crippen LogP contribution in [0.25, 0.3) is 0 Å². The monoisotopic (exact) mass is 266 g/mol. The Hall–Kier alpha value is -1.00. The molecule has 0 saturated carbocycles. The van der Waals surface area contributed by atoms with Crippen molar-refractivity contribution in [3.05, 3.63) is 29.8 Å². The molecule has 1 rings (SSSR count). The summed E-state index contributed by atoms with van der Waals surface area (Å²) in [5.74, 6) is 0.0578. The second kappa shape index (κ2) is 6.81. The zero-order valence-electron chi connectivity index (χ0n) is 11.3. The molecule has 1 aromatic rings. The molecule has 0 aliphatic rings. The second-order valence-electron chi connectivity index (χ2n) is 5.11. The zero-order chi connectivity index (χ0) is 13.6. The molecule has 0 atom stereocenters. The topological polar surface area (TPSA) is 55.1 Å². The van der Waals surface area contributed by atoms with Gasteiger partial charge in [0.25, 0.3) is 0 Å². The van der Waals surface area contributed by atoms with Crippen LogP contribution in [-0.2, 0) is 11.3 Å². The summed E-state index contributed by atoms with van der Waals surface area (Å²) in [5, 5.41) is 2.91. The van der Waals surface area contributed by atoms with Crippen LogP contribution in [0.2, 0.25) is 0 Å². The Bertz CT molecular complexity index is 382. The van der Waals surface area contributed by atoms with Gasteiger partial charge in [0.05, 0.1) is 0 Å². The number of rotatable bonds is 6. The lowest BCUT2D eigenvalue weighted by Crippen LogP contribution is -2.34. The van der Waals surface area contributed by atoms with Crippen molar-refractivity contribution >= 4 is 17.7 Å². The van der Waals surface area contributed by atoms with Gasteiger partial charge in [0.1, 0.15) is 0 Å². The minimum absolute atomic E-state index is 0.0578. The molecule has 0 aliphatic carbocycles. The molecule has 3 nitrogen and oxygen atoms in total. The minimum Gasteiger partial charge on any atom is -0.352 e. The van der Waals surface area contributed by atoms with Crippen LogP contribution in [0.3, 0.4) is 0 Å². The molecule has 1 aromatic carbocycles. The molecule has 1 amide bonds. The maximum absolute atomic E-state index is 11.6. The molecule has 0 radical (unpaired) electrons. The van der Waals surface area contributed by atoms with E-state index in [-0.39, 0.29) is 11.4 Å². The highest BCUT2D eigenvalue weighted by atomic mass is 32.2. The maximum atomic E-state index is 11.6. The van der Waals surface area contributed by atoms with Gasteiger partial charge in [-0.1, -0.05) is 12.1 Å². The van der Waals surface area contributed by atoms with Crippen molar-refractivity contribution in [1.29, 1.82) is 0 Å². The Morgan fingerprint density at radius 1 is 1.33 bits per heavy atom. The van der Waals surface area contributed by atoms with Crippen LogP contribution in [0.1, 0.15) is 32.3 Å². The van der Waals surface area contributed by atoms with Gasteiger partial charge in [-0.3, -0.25) is 4.79 Å². The van der Waals surface area contributed by atoms with Crippen LogP contribution in [-0.4, -0.2) is 17.7 Å². The Morgan fingerprint density at radius 2 is 1.94 bits per heavy atom. The van der Waals surface area contributed by atoms with E-state index >= 15 is 0 Å². The van der Waals surface area contributed by atoms with E-state index < -0.39 is 0 Å². The summed E-state index contributed by atoms with van der Waals surface area (Å²) >= 11 is 1.71. The molecule has 0 saturated heterocycles. The zero-order valence-corrected chi connectivity index (χ0v) is 12.1. The maximum Gasteiger partial charge on any atom is 0.220 e. The minimum atomic E-state index is -0.280. The van der Waals surface area contributed by atoms with Crippen molar-refractivity contribution in [2.24, 2.45) is 5.73 Å². The van der Waals surface area contributed by atoms with Crippen molar-refractivity contribution < 1.29 is 4.79 Å². The fourth-order valence-corrected chi connectivity index (χ4v) is 1.88. The quantitative estimate of drug-likeness (QED) is 0.778. The van der Waals surface area contributed by atoms with Crippen LogP contribution < -0.4 is 11.1 Å². The van der Waals surface area contributed by atoms with E-state index in [0.717, 1.165) is 5.56 Å². The Kier molecular flexibility index (Phi) is 5.69. The Labute approximate surface area is 114 Å². The van der Waals surface area contributed by atoms with Crippen molar-refractivity contribution in [2.75, 3.05) is 6.26 Å². The molecule has 18 heavy (non-hydrogen) atoms. The molecular weight excluding hydrogens is 244 g/mol. The molecule has 100 valence electrons. The number of nitrogens with two attached hydrogens (primary N) is 1. The molecule has 3 N–H and O–H groups in total. The van der Waals surface area contributed by atoms with Gasteiger partial charge in [0, 0.05) is 23.4 Å². The molecular formula is C14H22N2OS. The van der Waals surface area contributed by atoms with E-state index in [1.807, 2.05) is 32.2 Å². The van der Waals surface area contributed by atoms with E-state index in [0.29, 0.717) is 19.4 Å². The lowest BCUT2D eigenvalue weighted by molar-refractivity contribution is -0.121. The number of thioether (sulfide) groups is 1. The summed E-state index contributed by atoms with van der Waals surface area (Å²) in [6.07, 6.45) is 3.22. The van der Waals surface area contributed by atoms with Gasteiger partial charge >= 0.3 is 0 Å². The lowest BCUT2D eigenvalue weighted by Gasteiger charge is -2.17. The summed E-state index contributed by atoms with van der Waals surface area (Å²) in [6.45, 7) is 4.45. The van der Waals surface area contributed by atoms with Crippen molar-refractivity contribution in [1.82, 2.24) is 5.32 Å². The van der Waals surface area contributed by atoms with Crippen LogP contribution in [0.5, 0.6) is 0 Å². The first-order chi connectivity index (χ1) is 8.40. The van der Waals surface area contributed by atoms with Gasteiger partial charge in [0.15, 0.2) is 0 Å². The van der Waals surface area contributed by atoms with Crippen LogP contribution in [0.15, 0.2) is 29.2 Å². The van der Waals surface area contributed by atoms with Gasteiger partial charge < -0.3 is 11.1 Å². The average molecular weight is 266 g/mol. The first-order valence-electron chi connectivity index (χ1n) is 6.09. The predicted octanol–water partition coefficient (Wildman–Crippen LogP) is 2.54. The first kappa shape index (κ1) is 15.1. The SMILES string of the molecule is CSc1ccc(CNC(=O)CCC(C)(C)N)cc1. The molecule has 0 unspecified atom stereocenters. The van der Waals surface area contributed by atoms with E-state index in [2.05, 4.69) is 17.4 Å². The van der Waals surface area contributed by atoms with Crippen molar-refractivity contribution in [3.63, 3.8) is 0 Å². The number of hydrogen-bond acceptors (Lipinski definition) is 3. The second-order valence-corrected chi connectivity index (χ2v) is 5.99. The Morgan fingerprint density at radius 3 is 2.44 bits per heavy atom. The smallest absolute Gasteiger partial charge is 0.220 e. The average Bonchev–Trinajstić information content (AvgIpc) is 2.33.